The van der Waals surface area contributed by atoms with Crippen LogP contribution in [-0.2, 0) is 18.7 Å². The summed E-state index contributed by atoms with van der Waals surface area (Å²) in [6, 6.07) is 23.0. The van der Waals surface area contributed by atoms with E-state index in [0.29, 0.717) is 6.61 Å². The van der Waals surface area contributed by atoms with Crippen molar-refractivity contribution in [3.8, 4) is 5.75 Å². The number of hydrogen-bond donors (Lipinski definition) is 0. The van der Waals surface area contributed by atoms with Crippen LogP contribution in [0.15, 0.2) is 66.7 Å². The van der Waals surface area contributed by atoms with Gasteiger partial charge in [-0.2, -0.15) is 0 Å². The second-order valence-electron chi connectivity index (χ2n) is 11.4. The third-order valence-corrected chi connectivity index (χ3v) is 15.2. The Labute approximate surface area is 227 Å². The number of ether oxygens (including phenoxy) is 3. The van der Waals surface area contributed by atoms with E-state index in [9.17, 15) is 4.79 Å². The van der Waals surface area contributed by atoms with Gasteiger partial charge < -0.3 is 0 Å². The van der Waals surface area contributed by atoms with Gasteiger partial charge in [0.2, 0.25) is 0 Å². The first-order valence-corrected chi connectivity index (χ1v) is 17.7. The fourth-order valence-corrected chi connectivity index (χ4v) is 8.66. The number of esters is 1. The van der Waals surface area contributed by atoms with Crippen molar-refractivity contribution in [1.29, 1.82) is 0 Å². The van der Waals surface area contributed by atoms with Crippen molar-refractivity contribution < 1.29 is 23.4 Å². The van der Waals surface area contributed by atoms with Crippen LogP contribution in [-0.4, -0.2) is 54.2 Å². The molecular weight excluding hydrogens is 547 g/mol. The van der Waals surface area contributed by atoms with Gasteiger partial charge in [-0.05, 0) is 0 Å². The molecule has 0 spiro atoms. The van der Waals surface area contributed by atoms with Gasteiger partial charge in [-0.25, -0.2) is 0 Å². The summed E-state index contributed by atoms with van der Waals surface area (Å²) in [5, 5.41) is 2.37. The molecule has 2 aliphatic rings. The van der Waals surface area contributed by atoms with Gasteiger partial charge in [0, 0.05) is 0 Å². The van der Waals surface area contributed by atoms with E-state index in [1.54, 1.807) is 0 Å². The van der Waals surface area contributed by atoms with Crippen LogP contribution in [0.4, 0.5) is 0 Å². The van der Waals surface area contributed by atoms with Crippen LogP contribution < -0.4 is 9.20 Å². The van der Waals surface area contributed by atoms with Crippen LogP contribution in [0.3, 0.4) is 0 Å². The molecule has 37 heavy (non-hydrogen) atoms. The standard InChI is InChI=1S/C30H36O5SeSi/c1-19(31)33-26-24(18-32-37(5,6)30(2,3)4)35-27-25-22-15-11-10-12-20(22)16-17-23(25)34-28(27)29(26)36-21-13-8-7-9-14-21/h7-17,24,26-29H,18H2,1-6H3. The monoisotopic (exact) mass is 584 g/mol. The molecule has 7 heteroatoms. The molecule has 5 rings (SSSR count). The molecule has 5 nitrogen and oxygen atoms in total. The van der Waals surface area contributed by atoms with Crippen LogP contribution in [0.25, 0.3) is 10.8 Å². The Balaban J connectivity index is 1.56. The molecule has 1 fully saturated rings. The number of rotatable bonds is 6. The number of carbonyl (C=O) groups is 1. The average Bonchev–Trinajstić information content (AvgIpc) is 3.23. The van der Waals surface area contributed by atoms with E-state index in [4.69, 9.17) is 18.6 Å². The molecule has 1 saturated heterocycles. The zero-order valence-corrected chi connectivity index (χ0v) is 25.1. The Bertz CT molecular complexity index is 1270. The van der Waals surface area contributed by atoms with Gasteiger partial charge in [-0.3, -0.25) is 0 Å². The topological polar surface area (TPSA) is 54.0 Å². The van der Waals surface area contributed by atoms with Crippen molar-refractivity contribution in [2.45, 2.75) is 75.1 Å². The van der Waals surface area contributed by atoms with Crippen LogP contribution in [0.2, 0.25) is 22.9 Å². The van der Waals surface area contributed by atoms with Gasteiger partial charge in [0.15, 0.2) is 0 Å². The maximum atomic E-state index is 12.4. The fourth-order valence-electron chi connectivity index (χ4n) is 4.86. The summed E-state index contributed by atoms with van der Waals surface area (Å²) < 4.78 is 27.4. The summed E-state index contributed by atoms with van der Waals surface area (Å²) in [6.45, 7) is 13.0. The third-order valence-electron chi connectivity index (χ3n) is 7.84. The van der Waals surface area contributed by atoms with Crippen molar-refractivity contribution in [1.82, 2.24) is 0 Å². The first-order valence-electron chi connectivity index (χ1n) is 12.9. The summed E-state index contributed by atoms with van der Waals surface area (Å²) in [6.07, 6.45) is -1.33. The first-order chi connectivity index (χ1) is 17.5. The fraction of sp³-hybridized carbons (Fsp3) is 0.433. The summed E-state index contributed by atoms with van der Waals surface area (Å²) in [4.78, 5) is 12.3. The zero-order chi connectivity index (χ0) is 26.4. The van der Waals surface area contributed by atoms with E-state index < -0.39 is 14.4 Å². The van der Waals surface area contributed by atoms with Crippen LogP contribution in [0, 0.1) is 0 Å². The molecule has 0 saturated carbocycles. The molecule has 5 atom stereocenters. The van der Waals surface area contributed by atoms with Crippen molar-refractivity contribution in [3.05, 3.63) is 72.3 Å². The summed E-state index contributed by atoms with van der Waals surface area (Å²) in [7, 11) is -2.05. The predicted molar refractivity (Wildman–Crippen MR) is 150 cm³/mol. The van der Waals surface area contributed by atoms with E-state index in [2.05, 4.69) is 88.5 Å². The Hall–Kier alpha value is -2.15. The van der Waals surface area contributed by atoms with E-state index >= 15 is 0 Å². The van der Waals surface area contributed by atoms with E-state index in [0.717, 1.165) is 22.1 Å². The predicted octanol–water partition coefficient (Wildman–Crippen LogP) is 5.81. The number of carbonyl (C=O) groups excluding carboxylic acids is 1. The quantitative estimate of drug-likeness (QED) is 0.271. The first kappa shape index (κ1) is 26.5. The second kappa shape index (κ2) is 10.2. The van der Waals surface area contributed by atoms with E-state index in [1.165, 1.54) is 11.4 Å². The molecule has 5 unspecified atom stereocenters. The van der Waals surface area contributed by atoms with Crippen LogP contribution >= 0.6 is 0 Å². The Morgan fingerprint density at radius 1 is 1.00 bits per heavy atom. The molecular formula is C30H36O5SeSi. The number of benzene rings is 3. The van der Waals surface area contributed by atoms with Crippen molar-refractivity contribution in [2.24, 2.45) is 0 Å². The Morgan fingerprint density at radius 2 is 1.70 bits per heavy atom. The molecule has 0 radical (unpaired) electrons. The second-order valence-corrected chi connectivity index (χ2v) is 18.9. The molecule has 0 amide bonds. The molecule has 2 heterocycles. The number of fused-ring (bicyclic) bond motifs is 5. The molecule has 3 aromatic rings. The average molecular weight is 584 g/mol. The van der Waals surface area contributed by atoms with E-state index in [-0.39, 0.29) is 49.1 Å². The molecule has 0 aliphatic carbocycles. The summed E-state index contributed by atoms with van der Waals surface area (Å²) in [5.41, 5.74) is 1.09. The van der Waals surface area contributed by atoms with Crippen molar-refractivity contribution >= 4 is 44.5 Å². The molecule has 0 aromatic heterocycles. The molecule has 196 valence electrons. The molecule has 2 aliphatic heterocycles. The van der Waals surface area contributed by atoms with Gasteiger partial charge in [0.25, 0.3) is 0 Å². The minimum atomic E-state index is -2.05. The Morgan fingerprint density at radius 3 is 2.41 bits per heavy atom. The number of hydrogen-bond acceptors (Lipinski definition) is 5. The summed E-state index contributed by atoms with van der Waals surface area (Å²) >= 11 is -0.0128. The van der Waals surface area contributed by atoms with E-state index in [1.807, 2.05) is 12.1 Å². The summed E-state index contributed by atoms with van der Waals surface area (Å²) in [5.74, 6) is 0.550. The van der Waals surface area contributed by atoms with Gasteiger partial charge in [-0.1, -0.05) is 0 Å². The SMILES string of the molecule is CC(=O)OC1C(CO[Si](C)(C)C(C)(C)C)OC2c3c(ccc4ccccc34)OC2C1[Se]c1ccccc1. The normalized spacial score (nSPS) is 25.3. The van der Waals surface area contributed by atoms with Gasteiger partial charge in [0.1, 0.15) is 0 Å². The van der Waals surface area contributed by atoms with Gasteiger partial charge >= 0.3 is 228 Å². The minimum absolute atomic E-state index is 0.0128. The maximum absolute atomic E-state index is 12.4. The van der Waals surface area contributed by atoms with Gasteiger partial charge in [0.05, 0.1) is 0 Å². The van der Waals surface area contributed by atoms with Crippen molar-refractivity contribution in [3.63, 3.8) is 0 Å². The van der Waals surface area contributed by atoms with Crippen LogP contribution in [0.1, 0.15) is 39.4 Å². The molecule has 0 bridgehead atoms. The van der Waals surface area contributed by atoms with Crippen LogP contribution in [0.5, 0.6) is 5.75 Å². The third kappa shape index (κ3) is 5.25. The Kier molecular flexibility index (Phi) is 7.29. The van der Waals surface area contributed by atoms with Crippen molar-refractivity contribution in [2.75, 3.05) is 6.61 Å². The zero-order valence-electron chi connectivity index (χ0n) is 22.4. The van der Waals surface area contributed by atoms with Gasteiger partial charge in [-0.15, -0.1) is 0 Å². The molecule has 0 N–H and O–H groups in total. The molecule has 3 aromatic carbocycles.